The molecule has 2 aromatic carbocycles. The van der Waals surface area contributed by atoms with Gasteiger partial charge < -0.3 is 24.5 Å². The van der Waals surface area contributed by atoms with Gasteiger partial charge in [0.05, 0.1) is 18.9 Å². The Morgan fingerprint density at radius 2 is 1.88 bits per heavy atom. The second kappa shape index (κ2) is 10.3. The van der Waals surface area contributed by atoms with Crippen molar-refractivity contribution in [2.75, 3.05) is 25.1 Å². The van der Waals surface area contributed by atoms with Gasteiger partial charge in [0.15, 0.2) is 5.76 Å². The molecule has 0 spiro atoms. The molecule has 2 unspecified atom stereocenters. The SMILES string of the molecule is O=C(Nc1ccc(C(O)C2COCC(=O)N2CCCc2ccccc2)cc1)c1ccco1. The molecular formula is C25H26N2O5. The minimum atomic E-state index is -0.897. The van der Waals surface area contributed by atoms with Gasteiger partial charge in [-0.3, -0.25) is 9.59 Å². The number of aryl methyl sites for hydroxylation is 1. The van der Waals surface area contributed by atoms with E-state index in [0.29, 0.717) is 17.8 Å². The zero-order chi connectivity index (χ0) is 22.3. The van der Waals surface area contributed by atoms with Crippen molar-refractivity contribution in [2.45, 2.75) is 25.0 Å². The number of hydrogen-bond donors (Lipinski definition) is 2. The molecular weight excluding hydrogens is 408 g/mol. The van der Waals surface area contributed by atoms with Gasteiger partial charge in [0.2, 0.25) is 5.91 Å². The molecule has 0 saturated carbocycles. The van der Waals surface area contributed by atoms with E-state index in [1.807, 2.05) is 18.2 Å². The quantitative estimate of drug-likeness (QED) is 0.567. The van der Waals surface area contributed by atoms with Crippen molar-refractivity contribution < 1.29 is 23.8 Å². The van der Waals surface area contributed by atoms with E-state index in [4.69, 9.17) is 9.15 Å². The van der Waals surface area contributed by atoms with E-state index in [1.165, 1.54) is 11.8 Å². The molecule has 2 N–H and O–H groups in total. The van der Waals surface area contributed by atoms with Crippen LogP contribution in [0, 0.1) is 0 Å². The van der Waals surface area contributed by atoms with Gasteiger partial charge in [0, 0.05) is 12.2 Å². The number of rotatable bonds is 8. The molecule has 2 heterocycles. The van der Waals surface area contributed by atoms with Crippen LogP contribution in [0.4, 0.5) is 5.69 Å². The van der Waals surface area contributed by atoms with Gasteiger partial charge in [-0.25, -0.2) is 0 Å². The van der Waals surface area contributed by atoms with Gasteiger partial charge in [-0.2, -0.15) is 0 Å². The molecule has 0 bridgehead atoms. The topological polar surface area (TPSA) is 92.0 Å². The summed E-state index contributed by atoms with van der Waals surface area (Å²) in [7, 11) is 0. The van der Waals surface area contributed by atoms with E-state index >= 15 is 0 Å². The Morgan fingerprint density at radius 1 is 1.09 bits per heavy atom. The number of amides is 2. The number of carbonyl (C=O) groups excluding carboxylic acids is 2. The number of nitrogens with one attached hydrogen (secondary N) is 1. The van der Waals surface area contributed by atoms with Crippen LogP contribution in [-0.2, 0) is 16.0 Å². The molecule has 7 heteroatoms. The van der Waals surface area contributed by atoms with Crippen molar-refractivity contribution in [3.63, 3.8) is 0 Å². The van der Waals surface area contributed by atoms with Crippen molar-refractivity contribution in [1.82, 2.24) is 4.90 Å². The highest BCUT2D eigenvalue weighted by Gasteiger charge is 2.34. The lowest BCUT2D eigenvalue weighted by molar-refractivity contribution is -0.154. The standard InChI is InChI=1S/C25H26N2O5/c28-23-17-31-16-21(27(23)14-4-8-18-6-2-1-3-7-18)24(29)19-10-12-20(13-11-19)26-25(30)22-9-5-15-32-22/h1-3,5-7,9-13,15,21,24,29H,4,8,14,16-17H2,(H,26,30). The highest BCUT2D eigenvalue weighted by atomic mass is 16.5. The zero-order valence-electron chi connectivity index (χ0n) is 17.6. The number of anilines is 1. The molecule has 1 aromatic heterocycles. The lowest BCUT2D eigenvalue weighted by Crippen LogP contribution is -2.52. The van der Waals surface area contributed by atoms with Crippen molar-refractivity contribution in [3.8, 4) is 0 Å². The van der Waals surface area contributed by atoms with Crippen LogP contribution >= 0.6 is 0 Å². The van der Waals surface area contributed by atoms with Crippen LogP contribution in [0.15, 0.2) is 77.4 Å². The lowest BCUT2D eigenvalue weighted by Gasteiger charge is -2.38. The van der Waals surface area contributed by atoms with Crippen molar-refractivity contribution >= 4 is 17.5 Å². The van der Waals surface area contributed by atoms with Crippen molar-refractivity contribution in [2.24, 2.45) is 0 Å². The molecule has 1 saturated heterocycles. The van der Waals surface area contributed by atoms with E-state index in [9.17, 15) is 14.7 Å². The van der Waals surface area contributed by atoms with Crippen LogP contribution in [0.2, 0.25) is 0 Å². The number of aliphatic hydroxyl groups excluding tert-OH is 1. The van der Waals surface area contributed by atoms with Gasteiger partial charge >= 0.3 is 0 Å². The summed E-state index contributed by atoms with van der Waals surface area (Å²) in [6.07, 6.45) is 2.20. The van der Waals surface area contributed by atoms with Gasteiger partial charge in [0.25, 0.3) is 5.91 Å². The Balaban J connectivity index is 1.38. The summed E-state index contributed by atoms with van der Waals surface area (Å²) >= 11 is 0. The highest BCUT2D eigenvalue weighted by Crippen LogP contribution is 2.26. The van der Waals surface area contributed by atoms with Gasteiger partial charge in [-0.1, -0.05) is 42.5 Å². The maximum Gasteiger partial charge on any atom is 0.291 e. The summed E-state index contributed by atoms with van der Waals surface area (Å²) in [5, 5.41) is 13.7. The summed E-state index contributed by atoms with van der Waals surface area (Å²) in [4.78, 5) is 26.3. The smallest absolute Gasteiger partial charge is 0.291 e. The summed E-state index contributed by atoms with van der Waals surface area (Å²) in [6.45, 7) is 0.859. The van der Waals surface area contributed by atoms with E-state index in [1.54, 1.807) is 41.3 Å². The first kappa shape index (κ1) is 21.8. The molecule has 1 fully saturated rings. The number of carbonyl (C=O) groups is 2. The summed E-state index contributed by atoms with van der Waals surface area (Å²) in [5.41, 5.74) is 2.45. The lowest BCUT2D eigenvalue weighted by atomic mass is 9.99. The first-order chi connectivity index (χ1) is 15.6. The Morgan fingerprint density at radius 3 is 2.59 bits per heavy atom. The van der Waals surface area contributed by atoms with E-state index in [-0.39, 0.29) is 30.8 Å². The number of furan rings is 1. The maximum absolute atomic E-state index is 12.5. The minimum absolute atomic E-state index is 0.0340. The number of nitrogens with zero attached hydrogens (tertiary/aromatic N) is 1. The number of ether oxygens (including phenoxy) is 1. The predicted octanol–water partition coefficient (Wildman–Crippen LogP) is 3.43. The average molecular weight is 434 g/mol. The largest absolute Gasteiger partial charge is 0.459 e. The van der Waals surface area contributed by atoms with Crippen LogP contribution in [0.25, 0.3) is 0 Å². The molecule has 4 rings (SSSR count). The van der Waals surface area contributed by atoms with Crippen LogP contribution in [-0.4, -0.2) is 47.6 Å². The maximum atomic E-state index is 12.5. The Bertz CT molecular complexity index is 1020. The fourth-order valence-corrected chi connectivity index (χ4v) is 3.86. The van der Waals surface area contributed by atoms with Gasteiger partial charge in [-0.05, 0) is 48.2 Å². The molecule has 2 atom stereocenters. The third-order valence-electron chi connectivity index (χ3n) is 5.56. The highest BCUT2D eigenvalue weighted by molar-refractivity contribution is 6.02. The Hall–Kier alpha value is -3.42. The first-order valence-electron chi connectivity index (χ1n) is 10.7. The third kappa shape index (κ3) is 5.25. The third-order valence-corrected chi connectivity index (χ3v) is 5.56. The summed E-state index contributed by atoms with van der Waals surface area (Å²) in [6, 6.07) is 19.8. The van der Waals surface area contributed by atoms with Crippen LogP contribution in [0.5, 0.6) is 0 Å². The number of benzene rings is 2. The number of hydrogen-bond acceptors (Lipinski definition) is 5. The van der Waals surface area contributed by atoms with Crippen LogP contribution in [0.3, 0.4) is 0 Å². The second-order valence-corrected chi connectivity index (χ2v) is 7.76. The molecule has 32 heavy (non-hydrogen) atoms. The summed E-state index contributed by atoms with van der Waals surface area (Å²) in [5.74, 6) is -0.243. The molecule has 3 aromatic rings. The fourth-order valence-electron chi connectivity index (χ4n) is 3.86. The molecule has 0 radical (unpaired) electrons. The van der Waals surface area contributed by atoms with Crippen LogP contribution < -0.4 is 5.32 Å². The number of aliphatic hydroxyl groups is 1. The average Bonchev–Trinajstić information content (AvgIpc) is 3.36. The molecule has 0 aliphatic carbocycles. The van der Waals surface area contributed by atoms with E-state index in [0.717, 1.165) is 12.8 Å². The minimum Gasteiger partial charge on any atom is -0.459 e. The molecule has 7 nitrogen and oxygen atoms in total. The molecule has 1 aliphatic heterocycles. The number of morpholine rings is 1. The Kier molecular flexibility index (Phi) is 6.99. The predicted molar refractivity (Wildman–Crippen MR) is 119 cm³/mol. The normalized spacial score (nSPS) is 17.2. The second-order valence-electron chi connectivity index (χ2n) is 7.76. The fraction of sp³-hybridized carbons (Fsp3) is 0.280. The monoisotopic (exact) mass is 434 g/mol. The van der Waals surface area contributed by atoms with E-state index in [2.05, 4.69) is 17.4 Å². The van der Waals surface area contributed by atoms with Crippen molar-refractivity contribution in [3.05, 3.63) is 89.9 Å². The van der Waals surface area contributed by atoms with E-state index < -0.39 is 12.1 Å². The zero-order valence-corrected chi connectivity index (χ0v) is 17.6. The molecule has 2 amide bonds. The van der Waals surface area contributed by atoms with Crippen LogP contribution in [0.1, 0.15) is 34.2 Å². The first-order valence-corrected chi connectivity index (χ1v) is 10.7. The van der Waals surface area contributed by atoms with Crippen molar-refractivity contribution in [1.29, 1.82) is 0 Å². The molecule has 1 aliphatic rings. The van der Waals surface area contributed by atoms with Gasteiger partial charge in [-0.15, -0.1) is 0 Å². The molecule has 166 valence electrons. The van der Waals surface area contributed by atoms with Gasteiger partial charge in [0.1, 0.15) is 12.7 Å². The summed E-state index contributed by atoms with van der Waals surface area (Å²) < 4.78 is 10.5. The Labute approximate surface area is 186 Å².